The third-order valence-corrected chi connectivity index (χ3v) is 2.79. The molecule has 3 atom stereocenters. The van der Waals surface area contributed by atoms with Crippen molar-refractivity contribution in [2.24, 2.45) is 11.7 Å². The lowest BCUT2D eigenvalue weighted by Crippen LogP contribution is -2.55. The molecule has 0 aliphatic carbocycles. The summed E-state index contributed by atoms with van der Waals surface area (Å²) in [5, 5.41) is 21.7. The van der Waals surface area contributed by atoms with Crippen LogP contribution in [0.3, 0.4) is 0 Å². The van der Waals surface area contributed by atoms with Crippen molar-refractivity contribution in [3.8, 4) is 0 Å². The van der Waals surface area contributed by atoms with Gasteiger partial charge in [0.05, 0.1) is 6.42 Å². The highest BCUT2D eigenvalue weighted by Crippen LogP contribution is 2.08. The molecule has 3 amide bonds. The average Bonchev–Trinajstić information content (AvgIpc) is 2.33. The zero-order valence-electron chi connectivity index (χ0n) is 11.3. The van der Waals surface area contributed by atoms with E-state index in [1.54, 1.807) is 13.8 Å². The van der Waals surface area contributed by atoms with Gasteiger partial charge in [-0.2, -0.15) is 0 Å². The first-order valence-electron chi connectivity index (χ1n) is 5.99. The molecule has 0 radical (unpaired) electrons. The fourth-order valence-electron chi connectivity index (χ4n) is 1.49. The zero-order chi connectivity index (χ0) is 15.9. The van der Waals surface area contributed by atoms with Crippen LogP contribution in [0.1, 0.15) is 26.7 Å². The van der Waals surface area contributed by atoms with Gasteiger partial charge in [0.25, 0.3) is 0 Å². The molecule has 6 N–H and O–H groups in total. The molecule has 2 unspecified atom stereocenters. The van der Waals surface area contributed by atoms with Crippen LogP contribution in [0.4, 0.5) is 4.79 Å². The van der Waals surface area contributed by atoms with Crippen LogP contribution < -0.4 is 16.4 Å². The predicted octanol–water partition coefficient (Wildman–Crippen LogP) is -0.886. The van der Waals surface area contributed by atoms with E-state index in [9.17, 15) is 19.2 Å². The number of amides is 3. The minimum Gasteiger partial charge on any atom is -0.481 e. The lowest BCUT2D eigenvalue weighted by Gasteiger charge is -2.24. The van der Waals surface area contributed by atoms with E-state index in [0.717, 1.165) is 0 Å². The van der Waals surface area contributed by atoms with Crippen molar-refractivity contribution in [1.82, 2.24) is 10.6 Å². The molecule has 0 aromatic carbocycles. The molecule has 0 heterocycles. The third-order valence-electron chi connectivity index (χ3n) is 2.79. The van der Waals surface area contributed by atoms with E-state index in [2.05, 4.69) is 10.6 Å². The molecule has 0 spiro atoms. The predicted molar refractivity (Wildman–Crippen MR) is 67.8 cm³/mol. The largest absolute Gasteiger partial charge is 0.481 e. The molecule has 0 rings (SSSR count). The SMILES string of the molecule is CCC(C)C(NC(N)=O)C(=O)N[C@@H](CC(=O)O)C(=O)O. The Hall–Kier alpha value is -2.32. The molecule has 20 heavy (non-hydrogen) atoms. The number of urea groups is 1. The maximum Gasteiger partial charge on any atom is 0.326 e. The summed E-state index contributed by atoms with van der Waals surface area (Å²) in [5.41, 5.74) is 4.95. The van der Waals surface area contributed by atoms with Crippen molar-refractivity contribution in [3.05, 3.63) is 0 Å². The van der Waals surface area contributed by atoms with Gasteiger partial charge in [0, 0.05) is 0 Å². The lowest BCUT2D eigenvalue weighted by atomic mass is 9.98. The molecule has 0 aliphatic rings. The third kappa shape index (κ3) is 6.03. The normalized spacial score (nSPS) is 14.7. The number of primary amides is 1. The van der Waals surface area contributed by atoms with Crippen molar-refractivity contribution >= 4 is 23.9 Å². The Morgan fingerprint density at radius 1 is 1.15 bits per heavy atom. The zero-order valence-corrected chi connectivity index (χ0v) is 11.3. The molecule has 0 fully saturated rings. The van der Waals surface area contributed by atoms with Gasteiger partial charge < -0.3 is 26.6 Å². The van der Waals surface area contributed by atoms with Gasteiger partial charge in [-0.05, 0) is 5.92 Å². The number of nitrogens with one attached hydrogen (secondary N) is 2. The Labute approximate surface area is 115 Å². The second-order valence-electron chi connectivity index (χ2n) is 4.37. The van der Waals surface area contributed by atoms with Crippen molar-refractivity contribution < 1.29 is 29.4 Å². The van der Waals surface area contributed by atoms with Crippen molar-refractivity contribution in [1.29, 1.82) is 0 Å². The van der Waals surface area contributed by atoms with E-state index in [1.165, 1.54) is 0 Å². The monoisotopic (exact) mass is 289 g/mol. The summed E-state index contributed by atoms with van der Waals surface area (Å²) in [6.07, 6.45) is -0.222. The number of aliphatic carboxylic acids is 2. The van der Waals surface area contributed by atoms with Crippen LogP contribution in [0.2, 0.25) is 0 Å². The van der Waals surface area contributed by atoms with Crippen LogP contribution in [0.5, 0.6) is 0 Å². The first-order chi connectivity index (χ1) is 9.18. The summed E-state index contributed by atoms with van der Waals surface area (Å²) in [6, 6.07) is -3.51. The Bertz CT molecular complexity index is 398. The van der Waals surface area contributed by atoms with Gasteiger partial charge >= 0.3 is 18.0 Å². The molecule has 0 aromatic rings. The molecule has 0 saturated heterocycles. The van der Waals surface area contributed by atoms with E-state index in [-0.39, 0.29) is 5.92 Å². The molecule has 9 heteroatoms. The molecule has 0 aliphatic heterocycles. The van der Waals surface area contributed by atoms with Gasteiger partial charge in [-0.25, -0.2) is 9.59 Å². The number of carbonyl (C=O) groups excluding carboxylic acids is 2. The van der Waals surface area contributed by atoms with Gasteiger partial charge in [0.2, 0.25) is 5.91 Å². The molecular formula is C11H19N3O6. The van der Waals surface area contributed by atoms with Gasteiger partial charge in [-0.15, -0.1) is 0 Å². The van der Waals surface area contributed by atoms with Gasteiger partial charge in [0.15, 0.2) is 0 Å². The Kier molecular flexibility index (Phi) is 7.05. The minimum absolute atomic E-state index is 0.290. The molecule has 0 bridgehead atoms. The van der Waals surface area contributed by atoms with Gasteiger partial charge in [-0.1, -0.05) is 20.3 Å². The molecule has 114 valence electrons. The van der Waals surface area contributed by atoms with Crippen LogP contribution >= 0.6 is 0 Å². The second-order valence-corrected chi connectivity index (χ2v) is 4.37. The summed E-state index contributed by atoms with van der Waals surface area (Å²) in [4.78, 5) is 44.2. The fourth-order valence-corrected chi connectivity index (χ4v) is 1.49. The Morgan fingerprint density at radius 3 is 2.05 bits per heavy atom. The number of rotatable bonds is 8. The van der Waals surface area contributed by atoms with Gasteiger partial charge in [0.1, 0.15) is 12.1 Å². The fraction of sp³-hybridized carbons (Fsp3) is 0.636. The molecule has 0 aromatic heterocycles. The van der Waals surface area contributed by atoms with Crippen molar-refractivity contribution in [3.63, 3.8) is 0 Å². The van der Waals surface area contributed by atoms with Crippen LogP contribution in [-0.4, -0.2) is 46.2 Å². The van der Waals surface area contributed by atoms with E-state index in [0.29, 0.717) is 6.42 Å². The van der Waals surface area contributed by atoms with Gasteiger partial charge in [-0.3, -0.25) is 9.59 Å². The Balaban J connectivity index is 4.91. The topological polar surface area (TPSA) is 159 Å². The summed E-state index contributed by atoms with van der Waals surface area (Å²) in [7, 11) is 0. The maximum absolute atomic E-state index is 11.9. The highest BCUT2D eigenvalue weighted by molar-refractivity contribution is 5.91. The van der Waals surface area contributed by atoms with Crippen LogP contribution in [0, 0.1) is 5.92 Å². The molecule has 0 saturated carbocycles. The highest BCUT2D eigenvalue weighted by atomic mass is 16.4. The first kappa shape index (κ1) is 17.7. The first-order valence-corrected chi connectivity index (χ1v) is 5.99. The standard InChI is InChI=1S/C11H19N3O6/c1-3-5(2)8(14-11(12)20)9(17)13-6(10(18)19)4-7(15)16/h5-6,8H,3-4H2,1-2H3,(H,13,17)(H,15,16)(H,18,19)(H3,12,14,20)/t5?,6-,8?/m0/s1. The number of carbonyl (C=O) groups is 4. The van der Waals surface area contributed by atoms with Crippen molar-refractivity contribution in [2.75, 3.05) is 0 Å². The summed E-state index contributed by atoms with van der Waals surface area (Å²) >= 11 is 0. The van der Waals surface area contributed by atoms with Crippen LogP contribution in [0.15, 0.2) is 0 Å². The van der Waals surface area contributed by atoms with E-state index >= 15 is 0 Å². The van der Waals surface area contributed by atoms with Crippen LogP contribution in [0.25, 0.3) is 0 Å². The Morgan fingerprint density at radius 2 is 1.70 bits per heavy atom. The number of carboxylic acid groups (broad SMARTS) is 2. The van der Waals surface area contributed by atoms with E-state index in [4.69, 9.17) is 15.9 Å². The smallest absolute Gasteiger partial charge is 0.326 e. The molecule has 9 nitrogen and oxygen atoms in total. The summed E-state index contributed by atoms with van der Waals surface area (Å²) in [5.74, 6) is -3.91. The quantitative estimate of drug-likeness (QED) is 0.390. The van der Waals surface area contributed by atoms with E-state index < -0.39 is 42.4 Å². The number of hydrogen-bond donors (Lipinski definition) is 5. The summed E-state index contributed by atoms with van der Waals surface area (Å²) < 4.78 is 0. The minimum atomic E-state index is -1.57. The highest BCUT2D eigenvalue weighted by Gasteiger charge is 2.30. The summed E-state index contributed by atoms with van der Waals surface area (Å²) in [6.45, 7) is 3.45. The second kappa shape index (κ2) is 7.97. The number of carboxylic acids is 2. The van der Waals surface area contributed by atoms with Crippen LogP contribution in [-0.2, 0) is 14.4 Å². The number of hydrogen-bond acceptors (Lipinski definition) is 4. The average molecular weight is 289 g/mol. The lowest BCUT2D eigenvalue weighted by molar-refractivity contribution is -0.147. The van der Waals surface area contributed by atoms with Crippen molar-refractivity contribution in [2.45, 2.75) is 38.8 Å². The van der Waals surface area contributed by atoms with E-state index in [1.807, 2.05) is 0 Å². The number of nitrogens with two attached hydrogens (primary N) is 1. The molecular weight excluding hydrogens is 270 g/mol. The maximum atomic E-state index is 11.9.